The fourth-order valence-corrected chi connectivity index (χ4v) is 4.74. The van der Waals surface area contributed by atoms with Crippen molar-refractivity contribution in [3.05, 3.63) is 40.7 Å². The number of carbonyl (C=O) groups excluding carboxylic acids is 3. The second-order valence-electron chi connectivity index (χ2n) is 7.40. The van der Waals surface area contributed by atoms with Crippen LogP contribution in [0.5, 0.6) is 0 Å². The molecule has 1 unspecified atom stereocenters. The van der Waals surface area contributed by atoms with Crippen molar-refractivity contribution >= 4 is 35.5 Å². The number of fused-ring (bicyclic) bond motifs is 1. The number of rotatable bonds is 5. The van der Waals surface area contributed by atoms with E-state index < -0.39 is 12.1 Å². The molecule has 2 fully saturated rings. The van der Waals surface area contributed by atoms with Crippen LogP contribution in [0.1, 0.15) is 19.8 Å². The number of nitrogens with one attached hydrogen (secondary N) is 2. The van der Waals surface area contributed by atoms with Crippen molar-refractivity contribution in [1.82, 2.24) is 19.8 Å². The molecule has 0 spiro atoms. The molecule has 30 heavy (non-hydrogen) atoms. The fraction of sp³-hybridized carbons (Fsp3) is 0.450. The lowest BCUT2D eigenvalue weighted by Gasteiger charge is -2.36. The van der Waals surface area contributed by atoms with Crippen LogP contribution in [-0.4, -0.2) is 66.4 Å². The van der Waals surface area contributed by atoms with Crippen LogP contribution >= 0.6 is 11.9 Å². The molecule has 0 saturated carbocycles. The smallest absolute Gasteiger partial charge is 0.328 e. The standard InChI is InChI=1S/C20H24FN5O3S/c1-2-3-8-26-18(27)16-15(22-20(26)29)17(30-23-16)19(28)25-11-9-24(10-12-25)14-7-5-4-6-13(14)21/h4-7,16,23H,2-3,8-12H2,1H3,(H,22,29). The summed E-state index contributed by atoms with van der Waals surface area (Å²) >= 11 is 1.08. The minimum Gasteiger partial charge on any atom is -0.366 e. The van der Waals surface area contributed by atoms with Gasteiger partial charge in [-0.1, -0.05) is 25.5 Å². The minimum absolute atomic E-state index is 0.228. The number of unbranched alkanes of at least 4 members (excludes halogenated alkanes) is 1. The Morgan fingerprint density at radius 3 is 2.63 bits per heavy atom. The van der Waals surface area contributed by atoms with E-state index in [0.29, 0.717) is 49.0 Å². The van der Waals surface area contributed by atoms with Crippen molar-refractivity contribution in [3.8, 4) is 0 Å². The third-order valence-corrected chi connectivity index (χ3v) is 6.45. The highest BCUT2D eigenvalue weighted by Crippen LogP contribution is 2.32. The Morgan fingerprint density at radius 2 is 1.93 bits per heavy atom. The molecule has 4 rings (SSSR count). The van der Waals surface area contributed by atoms with E-state index in [9.17, 15) is 18.8 Å². The van der Waals surface area contributed by atoms with Crippen LogP contribution in [-0.2, 0) is 9.59 Å². The monoisotopic (exact) mass is 433 g/mol. The maximum atomic E-state index is 14.0. The van der Waals surface area contributed by atoms with Crippen molar-refractivity contribution in [3.63, 3.8) is 0 Å². The van der Waals surface area contributed by atoms with Gasteiger partial charge in [0.2, 0.25) is 0 Å². The van der Waals surface area contributed by atoms with Crippen LogP contribution in [0.15, 0.2) is 34.9 Å². The zero-order valence-electron chi connectivity index (χ0n) is 16.7. The molecule has 4 amide bonds. The van der Waals surface area contributed by atoms with Crippen molar-refractivity contribution in [2.24, 2.45) is 0 Å². The number of amides is 4. The lowest BCUT2D eigenvalue weighted by molar-refractivity contribution is -0.130. The number of urea groups is 1. The summed E-state index contributed by atoms with van der Waals surface area (Å²) in [5, 5.41) is 2.73. The Balaban J connectivity index is 1.44. The zero-order valence-corrected chi connectivity index (χ0v) is 17.5. The molecule has 0 aliphatic carbocycles. The fourth-order valence-electron chi connectivity index (χ4n) is 3.79. The molecule has 10 heteroatoms. The van der Waals surface area contributed by atoms with E-state index in [2.05, 4.69) is 10.0 Å². The number of nitrogens with zero attached hydrogens (tertiary/aromatic N) is 3. The number of anilines is 1. The van der Waals surface area contributed by atoms with Crippen LogP contribution in [0.25, 0.3) is 0 Å². The van der Waals surface area contributed by atoms with Crippen LogP contribution < -0.4 is 14.9 Å². The van der Waals surface area contributed by atoms with Gasteiger partial charge in [0, 0.05) is 32.7 Å². The molecule has 1 aromatic rings. The predicted octanol–water partition coefficient (Wildman–Crippen LogP) is 1.66. The Kier molecular flexibility index (Phi) is 5.96. The summed E-state index contributed by atoms with van der Waals surface area (Å²) in [6.07, 6.45) is 1.60. The molecule has 160 valence electrons. The van der Waals surface area contributed by atoms with E-state index in [1.807, 2.05) is 11.8 Å². The topological polar surface area (TPSA) is 85.0 Å². The van der Waals surface area contributed by atoms with Crippen LogP contribution in [0, 0.1) is 5.82 Å². The third-order valence-electron chi connectivity index (χ3n) is 5.50. The number of carbonyl (C=O) groups is 3. The normalized spacial score (nSPS) is 21.8. The highest BCUT2D eigenvalue weighted by molar-refractivity contribution is 8.02. The molecule has 8 nitrogen and oxygen atoms in total. The molecule has 1 aromatic carbocycles. The molecule has 2 N–H and O–H groups in total. The van der Waals surface area contributed by atoms with Crippen LogP contribution in [0.4, 0.5) is 14.9 Å². The molecule has 0 bridgehead atoms. The summed E-state index contributed by atoms with van der Waals surface area (Å²) in [7, 11) is 0. The molecule has 3 aliphatic rings. The van der Waals surface area contributed by atoms with Crippen molar-refractivity contribution in [2.75, 3.05) is 37.6 Å². The Bertz CT molecular complexity index is 900. The highest BCUT2D eigenvalue weighted by atomic mass is 32.2. The number of piperazine rings is 1. The summed E-state index contributed by atoms with van der Waals surface area (Å²) < 4.78 is 17.0. The summed E-state index contributed by atoms with van der Waals surface area (Å²) in [6, 6.07) is 5.38. The molecule has 1 atom stereocenters. The van der Waals surface area contributed by atoms with Gasteiger partial charge in [-0.15, -0.1) is 0 Å². The molecule has 0 aromatic heterocycles. The van der Waals surface area contributed by atoms with E-state index >= 15 is 0 Å². The van der Waals surface area contributed by atoms with Crippen molar-refractivity contribution < 1.29 is 18.8 Å². The van der Waals surface area contributed by atoms with Gasteiger partial charge >= 0.3 is 6.03 Å². The Labute approximate surface area is 178 Å². The SMILES string of the molecule is CCCCN1C(=O)NC2=C(C(=O)N3CCN(c4ccccc4F)CC3)SNC2C1=O. The molecule has 3 heterocycles. The van der Waals surface area contributed by atoms with Crippen LogP contribution in [0.3, 0.4) is 0 Å². The maximum Gasteiger partial charge on any atom is 0.328 e. The predicted molar refractivity (Wildman–Crippen MR) is 112 cm³/mol. The van der Waals surface area contributed by atoms with Gasteiger partial charge in [0.05, 0.1) is 11.4 Å². The number of para-hydroxylation sites is 1. The molecular weight excluding hydrogens is 409 g/mol. The summed E-state index contributed by atoms with van der Waals surface area (Å²) in [4.78, 5) is 43.3. The van der Waals surface area contributed by atoms with E-state index in [1.54, 1.807) is 23.1 Å². The Hall–Kier alpha value is -2.59. The van der Waals surface area contributed by atoms with Crippen LogP contribution in [0.2, 0.25) is 0 Å². The first kappa shape index (κ1) is 20.7. The third kappa shape index (κ3) is 3.77. The van der Waals surface area contributed by atoms with E-state index in [4.69, 9.17) is 0 Å². The van der Waals surface area contributed by atoms with Gasteiger partial charge in [-0.2, -0.15) is 0 Å². The maximum absolute atomic E-state index is 14.0. The van der Waals surface area contributed by atoms with Gasteiger partial charge in [-0.3, -0.25) is 14.5 Å². The molecule has 3 aliphatic heterocycles. The first-order chi connectivity index (χ1) is 14.5. The molecule has 0 radical (unpaired) electrons. The van der Waals surface area contributed by atoms with Gasteiger partial charge < -0.3 is 15.1 Å². The second kappa shape index (κ2) is 8.65. The number of hydrogen-bond donors (Lipinski definition) is 2. The largest absolute Gasteiger partial charge is 0.366 e. The first-order valence-electron chi connectivity index (χ1n) is 10.1. The van der Waals surface area contributed by atoms with E-state index in [-0.39, 0.29) is 17.6 Å². The molecule has 2 saturated heterocycles. The van der Waals surface area contributed by atoms with Crippen molar-refractivity contribution in [1.29, 1.82) is 0 Å². The number of halogens is 1. The zero-order chi connectivity index (χ0) is 21.3. The van der Waals surface area contributed by atoms with E-state index in [1.165, 1.54) is 11.0 Å². The summed E-state index contributed by atoms with van der Waals surface area (Å²) in [5.74, 6) is -0.841. The van der Waals surface area contributed by atoms with E-state index in [0.717, 1.165) is 24.8 Å². The Morgan fingerprint density at radius 1 is 1.20 bits per heavy atom. The summed E-state index contributed by atoms with van der Waals surface area (Å²) in [5.41, 5.74) is 0.866. The van der Waals surface area contributed by atoms with Gasteiger partial charge in [-0.25, -0.2) is 13.9 Å². The van der Waals surface area contributed by atoms with Gasteiger partial charge in [0.1, 0.15) is 16.8 Å². The van der Waals surface area contributed by atoms with Gasteiger partial charge in [0.25, 0.3) is 11.8 Å². The number of hydrogen-bond acceptors (Lipinski definition) is 6. The lowest BCUT2D eigenvalue weighted by atomic mass is 10.1. The van der Waals surface area contributed by atoms with Crippen molar-refractivity contribution in [2.45, 2.75) is 25.8 Å². The van der Waals surface area contributed by atoms with Gasteiger partial charge in [-0.05, 0) is 30.5 Å². The average Bonchev–Trinajstić information content (AvgIpc) is 3.17. The highest BCUT2D eigenvalue weighted by Gasteiger charge is 2.44. The second-order valence-corrected chi connectivity index (χ2v) is 8.25. The first-order valence-corrected chi connectivity index (χ1v) is 10.9. The average molecular weight is 434 g/mol. The number of benzene rings is 1. The minimum atomic E-state index is -0.719. The number of imide groups is 1. The lowest BCUT2D eigenvalue weighted by Crippen LogP contribution is -2.58. The molecular formula is C20H24FN5O3S. The summed E-state index contributed by atoms with van der Waals surface area (Å²) in [6.45, 7) is 4.22. The quantitative estimate of drug-likeness (QED) is 0.687. The van der Waals surface area contributed by atoms with Gasteiger partial charge in [0.15, 0.2) is 0 Å².